The van der Waals surface area contributed by atoms with Crippen molar-refractivity contribution in [3.8, 4) is 11.3 Å². The van der Waals surface area contributed by atoms with Gasteiger partial charge in [0.2, 0.25) is 0 Å². The van der Waals surface area contributed by atoms with E-state index in [4.69, 9.17) is 0 Å². The topological polar surface area (TPSA) is 51.2 Å². The van der Waals surface area contributed by atoms with Crippen molar-refractivity contribution in [3.05, 3.63) is 60.7 Å². The van der Waals surface area contributed by atoms with Crippen molar-refractivity contribution in [3.63, 3.8) is 0 Å². The molecule has 1 N–H and O–H groups in total. The third-order valence-electron chi connectivity index (χ3n) is 3.44. The number of anilines is 1. The highest BCUT2D eigenvalue weighted by molar-refractivity contribution is 5.95. The number of nitrogens with zero attached hydrogens (tertiary/aromatic N) is 1. The van der Waals surface area contributed by atoms with Crippen LogP contribution in [-0.4, -0.2) is 24.6 Å². The van der Waals surface area contributed by atoms with E-state index < -0.39 is 0 Å². The third kappa shape index (κ3) is 2.91. The van der Waals surface area contributed by atoms with E-state index in [0.29, 0.717) is 5.82 Å². The summed E-state index contributed by atoms with van der Waals surface area (Å²) in [5, 5.41) is 5.11. The lowest BCUT2D eigenvalue weighted by Crippen LogP contribution is -2.16. The summed E-state index contributed by atoms with van der Waals surface area (Å²) in [5.74, 6) is 0.360. The molecule has 0 amide bonds. The average Bonchev–Trinajstić information content (AvgIpc) is 2.59. The third-order valence-corrected chi connectivity index (χ3v) is 3.44. The van der Waals surface area contributed by atoms with Gasteiger partial charge in [-0.1, -0.05) is 54.6 Å². The molecule has 4 nitrogen and oxygen atoms in total. The van der Waals surface area contributed by atoms with E-state index in [1.54, 1.807) is 0 Å². The van der Waals surface area contributed by atoms with Gasteiger partial charge in [-0.15, -0.1) is 0 Å². The van der Waals surface area contributed by atoms with Crippen LogP contribution < -0.4 is 5.32 Å². The molecule has 0 bridgehead atoms. The largest absolute Gasteiger partial charge is 0.468 e. The number of hydrogen-bond acceptors (Lipinski definition) is 4. The molecule has 0 aliphatic rings. The molecule has 4 heteroatoms. The molecule has 0 aliphatic carbocycles. The number of carbonyl (C=O) groups excluding carboxylic acids is 1. The number of aromatic nitrogens is 1. The summed E-state index contributed by atoms with van der Waals surface area (Å²) in [7, 11) is 1.37. The first kappa shape index (κ1) is 14.1. The van der Waals surface area contributed by atoms with E-state index >= 15 is 0 Å². The number of rotatable bonds is 4. The number of hydrogen-bond donors (Lipinski definition) is 1. The lowest BCUT2D eigenvalue weighted by Gasteiger charge is -2.11. The summed E-state index contributed by atoms with van der Waals surface area (Å²) >= 11 is 0. The lowest BCUT2D eigenvalue weighted by molar-refractivity contribution is -0.138. The monoisotopic (exact) mass is 292 g/mol. The fraction of sp³-hybridized carbons (Fsp3) is 0.111. The number of ether oxygens (including phenoxy) is 1. The van der Waals surface area contributed by atoms with E-state index in [1.165, 1.54) is 7.11 Å². The SMILES string of the molecule is COC(=O)CNc1nc(-c2ccccc2)cc2ccccc12. The van der Waals surface area contributed by atoms with Crippen LogP contribution in [0.15, 0.2) is 60.7 Å². The molecule has 0 spiro atoms. The standard InChI is InChI=1S/C18H16N2O2/c1-22-17(21)12-19-18-15-10-6-5-9-14(15)11-16(20-18)13-7-3-2-4-8-13/h2-11H,12H2,1H3,(H,19,20). The summed E-state index contributed by atoms with van der Waals surface area (Å²) in [6.07, 6.45) is 0. The Hall–Kier alpha value is -2.88. The zero-order valence-corrected chi connectivity index (χ0v) is 12.2. The Bertz CT molecular complexity index is 801. The van der Waals surface area contributed by atoms with Crippen LogP contribution in [-0.2, 0) is 9.53 Å². The fourth-order valence-electron chi connectivity index (χ4n) is 2.32. The van der Waals surface area contributed by atoms with Crippen LogP contribution in [0.1, 0.15) is 0 Å². The normalized spacial score (nSPS) is 10.4. The summed E-state index contributed by atoms with van der Waals surface area (Å²) in [6, 6.07) is 20.0. The Morgan fingerprint density at radius 3 is 2.59 bits per heavy atom. The number of benzene rings is 2. The smallest absolute Gasteiger partial charge is 0.325 e. The van der Waals surface area contributed by atoms with Gasteiger partial charge in [0, 0.05) is 10.9 Å². The minimum atomic E-state index is -0.323. The Kier molecular flexibility index (Phi) is 4.01. The summed E-state index contributed by atoms with van der Waals surface area (Å²) in [4.78, 5) is 16.0. The number of methoxy groups -OCH3 is 1. The van der Waals surface area contributed by atoms with Crippen LogP contribution in [0.2, 0.25) is 0 Å². The molecule has 1 heterocycles. The number of nitrogens with one attached hydrogen (secondary N) is 1. The average molecular weight is 292 g/mol. The van der Waals surface area contributed by atoms with E-state index in [1.807, 2.05) is 60.7 Å². The maximum absolute atomic E-state index is 11.4. The maximum Gasteiger partial charge on any atom is 0.325 e. The summed E-state index contributed by atoms with van der Waals surface area (Å²) < 4.78 is 4.67. The maximum atomic E-state index is 11.4. The number of pyridine rings is 1. The predicted molar refractivity (Wildman–Crippen MR) is 87.7 cm³/mol. The molecular formula is C18H16N2O2. The van der Waals surface area contributed by atoms with Crippen molar-refractivity contribution in [2.75, 3.05) is 19.0 Å². The highest BCUT2D eigenvalue weighted by Gasteiger charge is 2.08. The minimum absolute atomic E-state index is 0.0890. The van der Waals surface area contributed by atoms with Gasteiger partial charge < -0.3 is 10.1 Å². The van der Waals surface area contributed by atoms with Crippen LogP contribution >= 0.6 is 0 Å². The quantitative estimate of drug-likeness (QED) is 0.748. The van der Waals surface area contributed by atoms with E-state index in [0.717, 1.165) is 22.0 Å². The van der Waals surface area contributed by atoms with Crippen LogP contribution in [0.5, 0.6) is 0 Å². The Morgan fingerprint density at radius 1 is 1.09 bits per heavy atom. The summed E-state index contributed by atoms with van der Waals surface area (Å²) in [6.45, 7) is 0.0890. The molecule has 0 fully saturated rings. The van der Waals surface area contributed by atoms with Crippen molar-refractivity contribution in [2.24, 2.45) is 0 Å². The molecule has 0 saturated carbocycles. The van der Waals surface area contributed by atoms with Gasteiger partial charge in [0.1, 0.15) is 12.4 Å². The number of carbonyl (C=O) groups is 1. The number of esters is 1. The highest BCUT2D eigenvalue weighted by atomic mass is 16.5. The van der Waals surface area contributed by atoms with Crippen LogP contribution in [0.25, 0.3) is 22.0 Å². The van der Waals surface area contributed by atoms with Gasteiger partial charge in [0.25, 0.3) is 0 Å². The van der Waals surface area contributed by atoms with Crippen LogP contribution in [0, 0.1) is 0 Å². The first-order valence-electron chi connectivity index (χ1n) is 7.04. The molecule has 0 unspecified atom stereocenters. The molecule has 3 aromatic rings. The lowest BCUT2D eigenvalue weighted by atomic mass is 10.1. The van der Waals surface area contributed by atoms with E-state index in [9.17, 15) is 4.79 Å². The highest BCUT2D eigenvalue weighted by Crippen LogP contribution is 2.27. The van der Waals surface area contributed by atoms with Gasteiger partial charge in [-0.2, -0.15) is 0 Å². The molecule has 110 valence electrons. The second-order valence-electron chi connectivity index (χ2n) is 4.87. The molecule has 22 heavy (non-hydrogen) atoms. The Labute approximate surface area is 128 Å². The van der Waals surface area contributed by atoms with E-state index in [-0.39, 0.29) is 12.5 Å². The van der Waals surface area contributed by atoms with Crippen molar-refractivity contribution >= 4 is 22.6 Å². The van der Waals surface area contributed by atoms with Gasteiger partial charge in [0.05, 0.1) is 12.8 Å². The Morgan fingerprint density at radius 2 is 1.82 bits per heavy atom. The Balaban J connectivity index is 2.06. The minimum Gasteiger partial charge on any atom is -0.468 e. The predicted octanol–water partition coefficient (Wildman–Crippen LogP) is 3.49. The van der Waals surface area contributed by atoms with Crippen molar-refractivity contribution in [1.82, 2.24) is 4.98 Å². The zero-order valence-electron chi connectivity index (χ0n) is 12.2. The molecule has 0 radical (unpaired) electrons. The van der Waals surface area contributed by atoms with E-state index in [2.05, 4.69) is 15.0 Å². The van der Waals surface area contributed by atoms with Crippen molar-refractivity contribution in [1.29, 1.82) is 0 Å². The second-order valence-corrected chi connectivity index (χ2v) is 4.87. The van der Waals surface area contributed by atoms with Gasteiger partial charge in [0.15, 0.2) is 0 Å². The van der Waals surface area contributed by atoms with Crippen LogP contribution in [0.4, 0.5) is 5.82 Å². The summed E-state index contributed by atoms with van der Waals surface area (Å²) in [5.41, 5.74) is 1.90. The van der Waals surface area contributed by atoms with Gasteiger partial charge in [-0.25, -0.2) is 4.98 Å². The molecule has 3 rings (SSSR count). The van der Waals surface area contributed by atoms with Crippen LogP contribution in [0.3, 0.4) is 0 Å². The van der Waals surface area contributed by atoms with Gasteiger partial charge in [-0.05, 0) is 11.5 Å². The zero-order chi connectivity index (χ0) is 15.4. The molecule has 0 aliphatic heterocycles. The first-order chi connectivity index (χ1) is 10.8. The molecule has 0 atom stereocenters. The van der Waals surface area contributed by atoms with Crippen molar-refractivity contribution in [2.45, 2.75) is 0 Å². The first-order valence-corrected chi connectivity index (χ1v) is 7.04. The second kappa shape index (κ2) is 6.26. The van der Waals surface area contributed by atoms with Gasteiger partial charge in [-0.3, -0.25) is 4.79 Å². The van der Waals surface area contributed by atoms with Gasteiger partial charge >= 0.3 is 5.97 Å². The fourth-order valence-corrected chi connectivity index (χ4v) is 2.32. The number of fused-ring (bicyclic) bond motifs is 1. The molecule has 0 saturated heterocycles. The molecular weight excluding hydrogens is 276 g/mol. The molecule has 2 aromatic carbocycles. The van der Waals surface area contributed by atoms with Crippen molar-refractivity contribution < 1.29 is 9.53 Å². The molecule has 1 aromatic heterocycles.